The van der Waals surface area contributed by atoms with Gasteiger partial charge < -0.3 is 10.2 Å². The number of halogens is 1. The average Bonchev–Trinajstić information content (AvgIpc) is 2.98. The number of carbonyl (C=O) groups is 2. The van der Waals surface area contributed by atoms with Gasteiger partial charge in [-0.25, -0.2) is 0 Å². The fraction of sp³-hybridized carbons (Fsp3) is 0.176. The van der Waals surface area contributed by atoms with E-state index in [4.69, 9.17) is 0 Å². The van der Waals surface area contributed by atoms with Gasteiger partial charge in [-0.05, 0) is 52.5 Å². The molecule has 1 aromatic heterocycles. The third-order valence-corrected chi connectivity index (χ3v) is 5.51. The molecule has 0 spiro atoms. The van der Waals surface area contributed by atoms with Gasteiger partial charge in [-0.1, -0.05) is 12.1 Å². The fourth-order valence-corrected chi connectivity index (χ4v) is 3.81. The number of hydrogen-bond donors (Lipinski definition) is 1. The number of rotatable bonds is 6. The Morgan fingerprint density at radius 3 is 2.71 bits per heavy atom. The van der Waals surface area contributed by atoms with Crippen LogP contribution in [0.15, 0.2) is 51.2 Å². The van der Waals surface area contributed by atoms with Crippen molar-refractivity contribution in [1.82, 2.24) is 4.90 Å². The van der Waals surface area contributed by atoms with Crippen LogP contribution >= 0.6 is 39.0 Å². The average molecular weight is 425 g/mol. The highest BCUT2D eigenvalue weighted by Crippen LogP contribution is 2.24. The predicted octanol–water partition coefficient (Wildman–Crippen LogP) is 4.34. The normalized spacial score (nSPS) is 10.8. The first-order valence-electron chi connectivity index (χ1n) is 7.11. The highest BCUT2D eigenvalue weighted by atomic mass is 79.9. The molecule has 0 saturated heterocycles. The predicted molar refractivity (Wildman–Crippen MR) is 106 cm³/mol. The highest BCUT2D eigenvalue weighted by Gasteiger charge is 2.12. The van der Waals surface area contributed by atoms with Crippen molar-refractivity contribution in [3.05, 3.63) is 51.1 Å². The Balaban J connectivity index is 1.91. The number of hydrogen-bond acceptors (Lipinski definition) is 4. The van der Waals surface area contributed by atoms with E-state index in [9.17, 15) is 9.59 Å². The summed E-state index contributed by atoms with van der Waals surface area (Å²) in [5.41, 5.74) is 0.759. The van der Waals surface area contributed by atoms with Gasteiger partial charge in [0.25, 0.3) is 0 Å². The van der Waals surface area contributed by atoms with Crippen LogP contribution in [0.5, 0.6) is 0 Å². The Morgan fingerprint density at radius 2 is 2.04 bits per heavy atom. The molecule has 0 unspecified atom stereocenters. The first-order valence-corrected chi connectivity index (χ1v) is 9.94. The van der Waals surface area contributed by atoms with Gasteiger partial charge in [0.05, 0.1) is 16.0 Å². The van der Waals surface area contributed by atoms with E-state index in [0.29, 0.717) is 0 Å². The van der Waals surface area contributed by atoms with Crippen LogP contribution < -0.4 is 5.32 Å². The van der Waals surface area contributed by atoms with Gasteiger partial charge in [0, 0.05) is 22.9 Å². The molecule has 24 heavy (non-hydrogen) atoms. The summed E-state index contributed by atoms with van der Waals surface area (Å²) in [6.07, 6.45) is 5.17. The summed E-state index contributed by atoms with van der Waals surface area (Å²) in [7, 11) is 1.61. The molecule has 0 atom stereocenters. The quantitative estimate of drug-likeness (QED) is 0.553. The van der Waals surface area contributed by atoms with Crippen molar-refractivity contribution >= 4 is 62.6 Å². The molecule has 0 bridgehead atoms. The standard InChI is InChI=1S/C17H17BrN2O2S2/c1-20(17(22)10-8-12-7-9-15(18)24-12)11-16(21)19-13-5-3-4-6-14(13)23-2/h3-10H,11H2,1-2H3,(H,19,21). The zero-order valence-electron chi connectivity index (χ0n) is 13.3. The molecule has 0 aliphatic carbocycles. The van der Waals surface area contributed by atoms with E-state index in [2.05, 4.69) is 21.2 Å². The Hall–Kier alpha value is -1.57. The Kier molecular flexibility index (Phi) is 7.08. The summed E-state index contributed by atoms with van der Waals surface area (Å²) in [6, 6.07) is 11.4. The third kappa shape index (κ3) is 5.51. The second-order valence-corrected chi connectivity index (χ2v) is 8.26. The summed E-state index contributed by atoms with van der Waals surface area (Å²) in [5, 5.41) is 2.84. The van der Waals surface area contributed by atoms with Crippen LogP contribution in [0, 0.1) is 0 Å². The van der Waals surface area contributed by atoms with Gasteiger partial charge in [-0.15, -0.1) is 23.1 Å². The van der Waals surface area contributed by atoms with E-state index < -0.39 is 0 Å². The monoisotopic (exact) mass is 424 g/mol. The molecule has 0 aliphatic heterocycles. The molecule has 126 valence electrons. The smallest absolute Gasteiger partial charge is 0.246 e. The molecule has 2 amide bonds. The number of nitrogens with zero attached hydrogens (tertiary/aromatic N) is 1. The summed E-state index contributed by atoms with van der Waals surface area (Å²) in [6.45, 7) is 0.0000233. The number of nitrogens with one attached hydrogen (secondary N) is 1. The molecule has 0 saturated carbocycles. The largest absolute Gasteiger partial charge is 0.333 e. The molecule has 0 aliphatic rings. The minimum absolute atomic E-state index is 0.0000233. The molecule has 7 heteroatoms. The topological polar surface area (TPSA) is 49.4 Å². The zero-order chi connectivity index (χ0) is 17.5. The Labute approximate surface area is 158 Å². The zero-order valence-corrected chi connectivity index (χ0v) is 16.5. The van der Waals surface area contributed by atoms with Gasteiger partial charge in [0.15, 0.2) is 0 Å². The molecule has 1 aromatic carbocycles. The lowest BCUT2D eigenvalue weighted by Crippen LogP contribution is -2.33. The van der Waals surface area contributed by atoms with Crippen molar-refractivity contribution in [3.63, 3.8) is 0 Å². The highest BCUT2D eigenvalue weighted by molar-refractivity contribution is 9.11. The molecule has 4 nitrogen and oxygen atoms in total. The van der Waals surface area contributed by atoms with Crippen LogP contribution in [0.25, 0.3) is 6.08 Å². The molecular weight excluding hydrogens is 408 g/mol. The lowest BCUT2D eigenvalue weighted by Gasteiger charge is -2.15. The SMILES string of the molecule is CSc1ccccc1NC(=O)CN(C)C(=O)C=Cc1ccc(Br)s1. The number of likely N-dealkylation sites (N-methyl/N-ethyl adjacent to an activating group) is 1. The third-order valence-electron chi connectivity index (χ3n) is 3.12. The van der Waals surface area contributed by atoms with Gasteiger partial charge in [-0.2, -0.15) is 0 Å². The van der Waals surface area contributed by atoms with Crippen LogP contribution in [0.3, 0.4) is 0 Å². The van der Waals surface area contributed by atoms with E-state index in [1.54, 1.807) is 24.9 Å². The summed E-state index contributed by atoms with van der Waals surface area (Å²) in [5.74, 6) is -0.438. The Bertz CT molecular complexity index is 759. The number of benzene rings is 1. The summed E-state index contributed by atoms with van der Waals surface area (Å²) < 4.78 is 1.01. The van der Waals surface area contributed by atoms with Crippen LogP contribution in [0.1, 0.15) is 4.88 Å². The van der Waals surface area contributed by atoms with Crippen LogP contribution in [-0.2, 0) is 9.59 Å². The molecule has 0 fully saturated rings. The van der Waals surface area contributed by atoms with Gasteiger partial charge in [-0.3, -0.25) is 9.59 Å². The number of thiophene rings is 1. The van der Waals surface area contributed by atoms with Crippen molar-refractivity contribution in [3.8, 4) is 0 Å². The van der Waals surface area contributed by atoms with Crippen LogP contribution in [0.4, 0.5) is 5.69 Å². The van der Waals surface area contributed by atoms with Crippen molar-refractivity contribution in [2.24, 2.45) is 0 Å². The molecule has 1 N–H and O–H groups in total. The van der Waals surface area contributed by atoms with Crippen molar-refractivity contribution < 1.29 is 9.59 Å². The molecule has 2 rings (SSSR count). The van der Waals surface area contributed by atoms with Crippen molar-refractivity contribution in [2.45, 2.75) is 4.90 Å². The molecule has 1 heterocycles. The maximum atomic E-state index is 12.1. The second kappa shape index (κ2) is 9.05. The lowest BCUT2D eigenvalue weighted by molar-refractivity contribution is -0.129. The Morgan fingerprint density at radius 1 is 1.29 bits per heavy atom. The number of carbonyl (C=O) groups excluding carboxylic acids is 2. The lowest BCUT2D eigenvalue weighted by atomic mass is 10.3. The second-order valence-electron chi connectivity index (χ2n) is 4.92. The maximum Gasteiger partial charge on any atom is 0.246 e. The number of anilines is 1. The van der Waals surface area contributed by atoms with Gasteiger partial charge in [0.2, 0.25) is 11.8 Å². The summed E-state index contributed by atoms with van der Waals surface area (Å²) in [4.78, 5) is 27.6. The fourth-order valence-electron chi connectivity index (χ4n) is 1.93. The number of amides is 2. The minimum atomic E-state index is -0.223. The molecular formula is C17H17BrN2O2S2. The number of thioether (sulfide) groups is 1. The summed E-state index contributed by atoms with van der Waals surface area (Å²) >= 11 is 6.48. The number of para-hydroxylation sites is 1. The van der Waals surface area contributed by atoms with Crippen molar-refractivity contribution in [2.75, 3.05) is 25.2 Å². The maximum absolute atomic E-state index is 12.1. The molecule has 0 radical (unpaired) electrons. The van der Waals surface area contributed by atoms with E-state index in [1.165, 1.54) is 22.3 Å². The van der Waals surface area contributed by atoms with Crippen molar-refractivity contribution in [1.29, 1.82) is 0 Å². The first kappa shape index (κ1) is 18.8. The van der Waals surface area contributed by atoms with Gasteiger partial charge >= 0.3 is 0 Å². The van der Waals surface area contributed by atoms with Crippen LogP contribution in [-0.4, -0.2) is 36.6 Å². The van der Waals surface area contributed by atoms with Crippen LogP contribution in [0.2, 0.25) is 0 Å². The van der Waals surface area contributed by atoms with E-state index in [1.807, 2.05) is 42.7 Å². The van der Waals surface area contributed by atoms with E-state index >= 15 is 0 Å². The first-order chi connectivity index (χ1) is 11.5. The van der Waals surface area contributed by atoms with E-state index in [0.717, 1.165) is 19.2 Å². The van der Waals surface area contributed by atoms with E-state index in [-0.39, 0.29) is 18.4 Å². The van der Waals surface area contributed by atoms with Gasteiger partial charge in [0.1, 0.15) is 0 Å². The molecule has 2 aromatic rings. The minimum Gasteiger partial charge on any atom is -0.333 e.